The van der Waals surface area contributed by atoms with Gasteiger partial charge in [-0.05, 0) is 37.5 Å². The zero-order valence-corrected chi connectivity index (χ0v) is 18.4. The summed E-state index contributed by atoms with van der Waals surface area (Å²) in [5, 5.41) is 4.26. The van der Waals surface area contributed by atoms with E-state index in [1.807, 2.05) is 6.92 Å². The summed E-state index contributed by atoms with van der Waals surface area (Å²) in [6.07, 6.45) is 3.73. The highest BCUT2D eigenvalue weighted by atomic mass is 35.5. The molecule has 1 aliphatic heterocycles. The maximum atomic E-state index is 13.4. The molecule has 0 saturated carbocycles. The lowest BCUT2D eigenvalue weighted by atomic mass is 10.2. The largest absolute Gasteiger partial charge is 0.334 e. The number of hydrogen-bond acceptors (Lipinski definition) is 6. The van der Waals surface area contributed by atoms with Gasteiger partial charge in [-0.25, -0.2) is 14.2 Å². The lowest BCUT2D eigenvalue weighted by molar-refractivity contribution is 0.420. The molecule has 0 atom stereocenters. The maximum Gasteiger partial charge on any atom is 0.332 e. The summed E-state index contributed by atoms with van der Waals surface area (Å²) in [5.74, 6) is 0.765. The lowest BCUT2D eigenvalue weighted by Crippen LogP contribution is -2.41. The molecule has 168 valence electrons. The second-order valence-corrected chi connectivity index (χ2v) is 8.13. The van der Waals surface area contributed by atoms with E-state index in [2.05, 4.69) is 15.1 Å². The zero-order valence-electron chi connectivity index (χ0n) is 17.7. The van der Waals surface area contributed by atoms with Crippen molar-refractivity contribution < 1.29 is 8.91 Å². The van der Waals surface area contributed by atoms with Crippen LogP contribution in [0.4, 0.5) is 10.2 Å². The molecular formula is C22H23ClFN5O3. The Bertz CT molecular complexity index is 1280. The molecule has 0 radical (unpaired) electrons. The highest BCUT2D eigenvalue weighted by Crippen LogP contribution is 2.24. The molecule has 1 aliphatic rings. The number of halogens is 2. The minimum atomic E-state index is -0.377. The van der Waals surface area contributed by atoms with Gasteiger partial charge in [0.25, 0.3) is 11.4 Å². The molecule has 0 bridgehead atoms. The number of aliphatic imine (C=N–C) groups is 1. The Hall–Kier alpha value is -3.07. The van der Waals surface area contributed by atoms with Crippen molar-refractivity contribution in [1.29, 1.82) is 0 Å². The Kier molecular flexibility index (Phi) is 6.64. The monoisotopic (exact) mass is 459 g/mol. The fraction of sp³-hybridized carbons (Fsp3) is 0.409. The summed E-state index contributed by atoms with van der Waals surface area (Å²) in [5.41, 5.74) is 0.306. The molecule has 10 heteroatoms. The van der Waals surface area contributed by atoms with Crippen LogP contribution in [0, 0.1) is 5.82 Å². The number of aromatic nitrogens is 4. The van der Waals surface area contributed by atoms with Gasteiger partial charge in [0.1, 0.15) is 16.8 Å². The molecule has 0 unspecified atom stereocenters. The summed E-state index contributed by atoms with van der Waals surface area (Å²) < 4.78 is 21.4. The first-order valence-corrected chi connectivity index (χ1v) is 11.0. The topological polar surface area (TPSA) is 95.3 Å². The van der Waals surface area contributed by atoms with Gasteiger partial charge in [-0.15, -0.1) is 0 Å². The van der Waals surface area contributed by atoms with Gasteiger partial charge in [-0.1, -0.05) is 36.2 Å². The first-order chi connectivity index (χ1) is 15.5. The fourth-order valence-electron chi connectivity index (χ4n) is 3.69. The van der Waals surface area contributed by atoms with Crippen LogP contribution >= 0.6 is 11.6 Å². The molecule has 0 aliphatic carbocycles. The third-order valence-electron chi connectivity index (χ3n) is 5.35. The van der Waals surface area contributed by atoms with E-state index in [0.717, 1.165) is 12.8 Å². The molecule has 0 N–H and O–H groups in total. The highest BCUT2D eigenvalue weighted by Gasteiger charge is 2.24. The van der Waals surface area contributed by atoms with Crippen molar-refractivity contribution in [2.75, 3.05) is 0 Å². The molecule has 32 heavy (non-hydrogen) atoms. The number of hydrogen-bond donors (Lipinski definition) is 0. The SMILES string of the molecule is CCCCn1c2c(c(=O)n(CCCCc3noc(-c4cccc(F)c4)n3)c1=O)CC(Cl)=N2. The van der Waals surface area contributed by atoms with Gasteiger partial charge >= 0.3 is 5.69 Å². The second kappa shape index (κ2) is 9.60. The van der Waals surface area contributed by atoms with Gasteiger partial charge < -0.3 is 4.52 Å². The van der Waals surface area contributed by atoms with Crippen LogP contribution in [0.1, 0.15) is 44.0 Å². The van der Waals surface area contributed by atoms with Crippen LogP contribution in [0.3, 0.4) is 0 Å². The van der Waals surface area contributed by atoms with E-state index in [9.17, 15) is 14.0 Å². The van der Waals surface area contributed by atoms with Gasteiger partial charge in [0.05, 0.1) is 5.56 Å². The van der Waals surface area contributed by atoms with E-state index < -0.39 is 0 Å². The van der Waals surface area contributed by atoms with Crippen LogP contribution in [0.15, 0.2) is 43.4 Å². The molecule has 0 spiro atoms. The van der Waals surface area contributed by atoms with Crippen molar-refractivity contribution in [2.45, 2.75) is 58.5 Å². The lowest BCUT2D eigenvalue weighted by Gasteiger charge is -2.13. The van der Waals surface area contributed by atoms with E-state index >= 15 is 0 Å². The maximum absolute atomic E-state index is 13.4. The van der Waals surface area contributed by atoms with Crippen molar-refractivity contribution in [3.8, 4) is 11.5 Å². The summed E-state index contributed by atoms with van der Waals surface area (Å²) in [6, 6.07) is 5.95. The molecular weight excluding hydrogens is 437 g/mol. The highest BCUT2D eigenvalue weighted by molar-refractivity contribution is 6.66. The van der Waals surface area contributed by atoms with Gasteiger partial charge in [0.2, 0.25) is 0 Å². The Morgan fingerprint density at radius 2 is 1.97 bits per heavy atom. The third kappa shape index (κ3) is 4.57. The van der Waals surface area contributed by atoms with E-state index in [4.69, 9.17) is 16.1 Å². The number of aryl methyl sites for hydroxylation is 1. The van der Waals surface area contributed by atoms with E-state index in [-0.39, 0.29) is 35.9 Å². The normalized spacial score (nSPS) is 12.8. The smallest absolute Gasteiger partial charge is 0.332 e. The Morgan fingerprint density at radius 1 is 1.16 bits per heavy atom. The number of fused-ring (bicyclic) bond motifs is 1. The molecule has 4 rings (SSSR count). The number of unbranched alkanes of at least 4 members (excludes halogenated alkanes) is 2. The second-order valence-electron chi connectivity index (χ2n) is 7.69. The average Bonchev–Trinajstić information content (AvgIpc) is 3.40. The zero-order chi connectivity index (χ0) is 22.7. The summed E-state index contributed by atoms with van der Waals surface area (Å²) in [4.78, 5) is 34.3. The predicted molar refractivity (Wildman–Crippen MR) is 119 cm³/mol. The van der Waals surface area contributed by atoms with Crippen molar-refractivity contribution in [1.82, 2.24) is 19.3 Å². The Balaban J connectivity index is 1.43. The van der Waals surface area contributed by atoms with Crippen molar-refractivity contribution >= 4 is 22.6 Å². The Morgan fingerprint density at radius 3 is 2.75 bits per heavy atom. The fourth-order valence-corrected chi connectivity index (χ4v) is 3.90. The van der Waals surface area contributed by atoms with E-state index in [0.29, 0.717) is 53.7 Å². The van der Waals surface area contributed by atoms with E-state index in [1.54, 1.807) is 16.7 Å². The molecule has 0 amide bonds. The molecule has 1 aromatic carbocycles. The predicted octanol–water partition coefficient (Wildman–Crippen LogP) is 3.85. The van der Waals surface area contributed by atoms with Crippen molar-refractivity contribution in [3.05, 3.63) is 62.3 Å². The molecule has 3 aromatic rings. The molecule has 3 heterocycles. The minimum Gasteiger partial charge on any atom is -0.334 e. The van der Waals surface area contributed by atoms with Crippen LogP contribution in [-0.4, -0.2) is 24.4 Å². The number of benzene rings is 1. The third-order valence-corrected chi connectivity index (χ3v) is 5.57. The van der Waals surface area contributed by atoms with Gasteiger partial charge in [-0.3, -0.25) is 13.9 Å². The van der Waals surface area contributed by atoms with Crippen molar-refractivity contribution in [2.24, 2.45) is 4.99 Å². The summed E-state index contributed by atoms with van der Waals surface area (Å²) in [7, 11) is 0. The van der Waals surface area contributed by atoms with Crippen LogP contribution in [0.25, 0.3) is 11.5 Å². The standard InChI is InChI=1S/C22H23ClFN5O3/c1-2-3-10-28-19-16(13-17(23)25-19)21(30)29(22(28)31)11-5-4-9-18-26-20(32-27-18)14-7-6-8-15(24)12-14/h6-8,12H,2-5,9-11,13H2,1H3. The van der Waals surface area contributed by atoms with Gasteiger partial charge in [0, 0.05) is 31.5 Å². The number of nitrogens with zero attached hydrogens (tertiary/aromatic N) is 5. The summed E-state index contributed by atoms with van der Waals surface area (Å²) >= 11 is 6.05. The molecule has 2 aromatic heterocycles. The van der Waals surface area contributed by atoms with Crippen LogP contribution in [-0.2, 0) is 25.9 Å². The minimum absolute atomic E-state index is 0.255. The Labute approximate surface area is 188 Å². The van der Waals surface area contributed by atoms with Crippen LogP contribution < -0.4 is 11.2 Å². The van der Waals surface area contributed by atoms with E-state index in [1.165, 1.54) is 16.7 Å². The first-order valence-electron chi connectivity index (χ1n) is 10.7. The van der Waals surface area contributed by atoms with Gasteiger partial charge in [0.15, 0.2) is 5.82 Å². The molecule has 8 nitrogen and oxygen atoms in total. The van der Waals surface area contributed by atoms with Crippen LogP contribution in [0.5, 0.6) is 0 Å². The average molecular weight is 460 g/mol. The first kappa shape index (κ1) is 22.1. The van der Waals surface area contributed by atoms with Crippen molar-refractivity contribution in [3.63, 3.8) is 0 Å². The quantitative estimate of drug-likeness (QED) is 0.453. The summed E-state index contributed by atoms with van der Waals surface area (Å²) in [6.45, 7) is 2.82. The van der Waals surface area contributed by atoms with Gasteiger partial charge in [-0.2, -0.15) is 4.98 Å². The number of rotatable bonds is 9. The van der Waals surface area contributed by atoms with Crippen LogP contribution in [0.2, 0.25) is 0 Å². The molecule has 0 fully saturated rings. The molecule has 0 saturated heterocycles.